The van der Waals surface area contributed by atoms with Crippen molar-refractivity contribution < 1.29 is 87.8 Å². The highest BCUT2D eigenvalue weighted by Gasteiger charge is 2.52. The van der Waals surface area contributed by atoms with Crippen molar-refractivity contribution in [1.82, 2.24) is 0 Å². The van der Waals surface area contributed by atoms with E-state index in [1.165, 1.54) is 21.5 Å². The van der Waals surface area contributed by atoms with Gasteiger partial charge in [-0.2, -0.15) is 0 Å². The molecule has 0 N–H and O–H groups in total. The third-order valence-electron chi connectivity index (χ3n) is 11.6. The largest absolute Gasteiger partial charge is 0.207 e. The van der Waals surface area contributed by atoms with Crippen LogP contribution in [0.1, 0.15) is 5.56 Å². The Hall–Kier alpha value is -7.15. The molecule has 0 aliphatic heterocycles. The smallest absolute Gasteiger partial charge is 0.200 e. The number of hydrogen-bond acceptors (Lipinski definition) is 0. The Bertz CT molecular complexity index is 2850. The van der Waals surface area contributed by atoms with Crippen molar-refractivity contribution in [1.29, 1.82) is 0 Å². The van der Waals surface area contributed by atoms with Gasteiger partial charge in [-0.3, -0.25) is 0 Å². The topological polar surface area (TPSA) is 0 Å². The number of hydrogen-bond donors (Lipinski definition) is 0. The molecule has 0 amide bonds. The predicted molar refractivity (Wildman–Crippen MR) is 225 cm³/mol. The summed E-state index contributed by atoms with van der Waals surface area (Å²) in [6.45, 7) is 0. The van der Waals surface area contributed by atoms with Crippen LogP contribution in [0.3, 0.4) is 0 Å². The lowest BCUT2D eigenvalue weighted by molar-refractivity contribution is 0.378. The van der Waals surface area contributed by atoms with Crippen LogP contribution in [-0.2, 0) is 6.16 Å². The predicted octanol–water partition coefficient (Wildman–Crippen LogP) is 11.0. The van der Waals surface area contributed by atoms with Crippen molar-refractivity contribution in [2.24, 2.45) is 0 Å². The zero-order valence-corrected chi connectivity index (χ0v) is 35.7. The third-order valence-corrected chi connectivity index (χ3v) is 15.9. The van der Waals surface area contributed by atoms with Gasteiger partial charge in [-0.25, -0.2) is 87.8 Å². The molecule has 366 valence electrons. The van der Waals surface area contributed by atoms with Crippen LogP contribution in [0.4, 0.5) is 87.8 Å². The molecule has 0 bridgehead atoms. The molecular formula is C49H22BF20P. The molecule has 0 nitrogen and oxygen atoms in total. The van der Waals surface area contributed by atoms with Crippen LogP contribution in [0, 0.1) is 116 Å². The van der Waals surface area contributed by atoms with Crippen LogP contribution in [-0.4, -0.2) is 6.15 Å². The molecule has 0 unspecified atom stereocenters. The summed E-state index contributed by atoms with van der Waals surface area (Å²) in [4.78, 5) is 0. The fraction of sp³-hybridized carbons (Fsp3) is 0.0204. The minimum atomic E-state index is -7.22. The average Bonchev–Trinajstić information content (AvgIpc) is 3.39. The van der Waals surface area contributed by atoms with Gasteiger partial charge in [0.25, 0.3) is 0 Å². The minimum absolute atomic E-state index is 1.03. The fourth-order valence-electron chi connectivity index (χ4n) is 8.50. The first-order valence-electron chi connectivity index (χ1n) is 19.9. The zero-order chi connectivity index (χ0) is 52.0. The normalized spacial score (nSPS) is 11.7. The highest BCUT2D eigenvalue weighted by atomic mass is 31.2. The molecule has 0 radical (unpaired) electrons. The Labute approximate surface area is 387 Å². The Morgan fingerprint density at radius 2 is 0.394 bits per heavy atom. The van der Waals surface area contributed by atoms with Gasteiger partial charge in [0, 0.05) is 0 Å². The van der Waals surface area contributed by atoms with E-state index in [0.717, 1.165) is 6.16 Å². The highest BCUT2D eigenvalue weighted by Crippen LogP contribution is 2.58. The van der Waals surface area contributed by atoms with Gasteiger partial charge >= 0.3 is 0 Å². The molecule has 0 fully saturated rings. The van der Waals surface area contributed by atoms with Gasteiger partial charge in [0.05, 0.1) is 6.16 Å². The molecule has 0 aliphatic carbocycles. The minimum Gasteiger partial charge on any atom is -0.207 e. The van der Waals surface area contributed by atoms with Gasteiger partial charge in [0.2, 0.25) is 0 Å². The van der Waals surface area contributed by atoms with E-state index in [4.69, 9.17) is 0 Å². The summed E-state index contributed by atoms with van der Waals surface area (Å²) in [7, 11) is -1.78. The maximum Gasteiger partial charge on any atom is 0.200 e. The van der Waals surface area contributed by atoms with E-state index in [1.54, 1.807) is 0 Å². The van der Waals surface area contributed by atoms with E-state index in [-0.39, 0.29) is 0 Å². The summed E-state index contributed by atoms with van der Waals surface area (Å²) in [5, 5.41) is 4.30. The van der Waals surface area contributed by atoms with E-state index in [2.05, 4.69) is 121 Å². The second-order valence-corrected chi connectivity index (χ2v) is 18.7. The maximum absolute atomic E-state index is 15.4. The van der Waals surface area contributed by atoms with Crippen molar-refractivity contribution >= 4 is 51.2 Å². The molecular weight excluding hydrogens is 1010 g/mol. The first kappa shape index (κ1) is 51.7. The lowest BCUT2D eigenvalue weighted by Crippen LogP contribution is -2.81. The summed E-state index contributed by atoms with van der Waals surface area (Å²) in [5.74, 6) is -71.4. The molecule has 22 heteroatoms. The van der Waals surface area contributed by atoms with Crippen molar-refractivity contribution in [3.8, 4) is 0 Å². The van der Waals surface area contributed by atoms with Crippen molar-refractivity contribution in [2.45, 2.75) is 6.16 Å². The first-order chi connectivity index (χ1) is 33.6. The second kappa shape index (κ2) is 19.9. The van der Waals surface area contributed by atoms with Crippen LogP contribution in [0.15, 0.2) is 121 Å². The molecule has 0 aliphatic rings. The van der Waals surface area contributed by atoms with Crippen LogP contribution in [0.25, 0.3) is 0 Å². The van der Waals surface area contributed by atoms with E-state index >= 15 is 35.1 Å². The zero-order valence-electron chi connectivity index (χ0n) is 34.8. The van der Waals surface area contributed by atoms with Gasteiger partial charge in [0.1, 0.15) is 75.9 Å². The van der Waals surface area contributed by atoms with E-state index < -0.39 is 152 Å². The molecule has 8 aromatic carbocycles. The molecule has 8 aromatic rings. The number of halogens is 20. The maximum atomic E-state index is 15.4. The van der Waals surface area contributed by atoms with Crippen LogP contribution >= 0.6 is 7.26 Å². The van der Waals surface area contributed by atoms with Crippen molar-refractivity contribution in [3.05, 3.63) is 243 Å². The van der Waals surface area contributed by atoms with Crippen molar-refractivity contribution in [3.63, 3.8) is 0 Å². The van der Waals surface area contributed by atoms with Gasteiger partial charge < -0.3 is 0 Å². The fourth-order valence-corrected chi connectivity index (χ4v) is 12.7. The molecule has 71 heavy (non-hydrogen) atoms. The quantitative estimate of drug-likeness (QED) is 0.0444. The third kappa shape index (κ3) is 8.26. The molecule has 0 heterocycles. The van der Waals surface area contributed by atoms with Crippen LogP contribution < -0.4 is 37.8 Å². The Balaban J connectivity index is 0.000000240. The summed E-state index contributed by atoms with van der Waals surface area (Å²) in [6, 6.07) is 44.0. The number of benzene rings is 8. The van der Waals surface area contributed by atoms with E-state index in [9.17, 15) is 52.7 Å². The standard InChI is InChI=1S/C25H22P.C24BF20/c1-5-13-22(14-6-1)21-26(23-15-7-2-8-16-23,24-17-9-3-10-18-24)25-19-11-4-12-20-25;26-5-1(6(27)14(35)21(42)13(5)34)25(2-7(28)15(36)22(43)16(37)8(2)29,3-9(30)17(38)23(44)18(39)10(3)31)4-11(32)19(40)24(45)20(41)12(4)33/h1-20H,21H2;/q+1;-1. The molecule has 0 spiro atoms. The van der Waals surface area contributed by atoms with Gasteiger partial charge in [-0.1, -0.05) is 84.9 Å². The lowest BCUT2D eigenvalue weighted by Gasteiger charge is -2.44. The monoisotopic (exact) mass is 1030 g/mol. The van der Waals surface area contributed by atoms with Crippen molar-refractivity contribution in [2.75, 3.05) is 0 Å². The highest BCUT2D eigenvalue weighted by molar-refractivity contribution is 7.95. The number of rotatable bonds is 9. The lowest BCUT2D eigenvalue weighted by atomic mass is 9.12. The Morgan fingerprint density at radius 1 is 0.225 bits per heavy atom. The van der Waals surface area contributed by atoms with Gasteiger partial charge in [0.15, 0.2) is 69.8 Å². The average molecular weight is 1030 g/mol. The molecule has 0 saturated carbocycles. The van der Waals surface area contributed by atoms with Crippen LogP contribution in [0.5, 0.6) is 0 Å². The summed E-state index contributed by atoms with van der Waals surface area (Å²) < 4.78 is 294. The van der Waals surface area contributed by atoms with Gasteiger partial charge in [-0.15, -0.1) is 21.9 Å². The molecule has 8 rings (SSSR count). The summed E-state index contributed by atoms with van der Waals surface area (Å²) >= 11 is 0. The Morgan fingerprint density at radius 3 is 0.592 bits per heavy atom. The van der Waals surface area contributed by atoms with E-state index in [0.29, 0.717) is 0 Å². The van der Waals surface area contributed by atoms with Gasteiger partial charge in [-0.05, 0) is 42.0 Å². The van der Waals surface area contributed by atoms with E-state index in [1.807, 2.05) is 0 Å². The Kier molecular flexibility index (Phi) is 14.5. The molecule has 0 atom stereocenters. The first-order valence-corrected chi connectivity index (χ1v) is 21.9. The summed E-state index contributed by atoms with van der Waals surface area (Å²) in [5.41, 5.74) is -12.9. The molecule has 0 saturated heterocycles. The summed E-state index contributed by atoms with van der Waals surface area (Å²) in [6.07, 6.45) is -6.18. The molecule has 0 aromatic heterocycles. The second-order valence-electron chi connectivity index (χ2n) is 15.3. The SMILES string of the molecule is Fc1c(F)c(F)c([B-](c2c(F)c(F)c(F)c(F)c2F)(c2c(F)c(F)c(F)c(F)c2F)c2c(F)c(F)c(F)c(F)c2F)c(F)c1F.c1ccc(C[P+](c2ccccc2)(c2ccccc2)c2ccccc2)cc1. The van der Waals surface area contributed by atoms with Crippen LogP contribution in [0.2, 0.25) is 0 Å².